The molecule has 0 aliphatic rings. The number of aromatic nitrogens is 2. The highest BCUT2D eigenvalue weighted by molar-refractivity contribution is 5.41. The third-order valence-corrected chi connectivity index (χ3v) is 4.12. The summed E-state index contributed by atoms with van der Waals surface area (Å²) in [5.74, 6) is 0. The molecule has 2 rings (SSSR count). The van der Waals surface area contributed by atoms with Crippen LogP contribution in [0.3, 0.4) is 0 Å². The fourth-order valence-corrected chi connectivity index (χ4v) is 2.72. The summed E-state index contributed by atoms with van der Waals surface area (Å²) in [5, 5.41) is 6.87. The Kier molecular flexibility index (Phi) is 9.38. The van der Waals surface area contributed by atoms with Crippen molar-refractivity contribution >= 4 is 11.4 Å². The highest BCUT2D eigenvalue weighted by Gasteiger charge is 1.94. The molecule has 24 heavy (non-hydrogen) atoms. The maximum Gasteiger partial charge on any atom is 0.0371 e. The first-order valence-electron chi connectivity index (χ1n) is 9.23. The van der Waals surface area contributed by atoms with E-state index in [1.165, 1.54) is 62.7 Å². The largest absolute Gasteiger partial charge is 0.385 e. The number of pyridine rings is 2. The van der Waals surface area contributed by atoms with Gasteiger partial charge < -0.3 is 10.6 Å². The Bertz CT molecular complexity index is 466. The van der Waals surface area contributed by atoms with Crippen molar-refractivity contribution in [1.29, 1.82) is 0 Å². The molecule has 0 unspecified atom stereocenters. The molecule has 130 valence electrons. The van der Waals surface area contributed by atoms with Crippen molar-refractivity contribution in [2.75, 3.05) is 23.7 Å². The fraction of sp³-hybridized carbons (Fsp3) is 0.500. The third kappa shape index (κ3) is 8.51. The summed E-state index contributed by atoms with van der Waals surface area (Å²) in [5.41, 5.74) is 2.34. The average molecular weight is 326 g/mol. The van der Waals surface area contributed by atoms with Crippen LogP contribution >= 0.6 is 0 Å². The molecule has 0 saturated carbocycles. The van der Waals surface area contributed by atoms with E-state index in [-0.39, 0.29) is 0 Å². The van der Waals surface area contributed by atoms with Gasteiger partial charge in [0.25, 0.3) is 0 Å². The summed E-state index contributed by atoms with van der Waals surface area (Å²) in [7, 11) is 0. The molecule has 2 aromatic rings. The molecule has 0 amide bonds. The summed E-state index contributed by atoms with van der Waals surface area (Å²) in [6, 6.07) is 8.07. The zero-order chi connectivity index (χ0) is 16.7. The zero-order valence-corrected chi connectivity index (χ0v) is 14.6. The van der Waals surface area contributed by atoms with Crippen molar-refractivity contribution < 1.29 is 0 Å². The normalized spacial score (nSPS) is 10.5. The maximum atomic E-state index is 4.02. The van der Waals surface area contributed by atoms with Gasteiger partial charge in [0.15, 0.2) is 0 Å². The van der Waals surface area contributed by atoms with Crippen LogP contribution in [0.5, 0.6) is 0 Å². The van der Waals surface area contributed by atoms with E-state index in [0.717, 1.165) is 13.1 Å². The van der Waals surface area contributed by atoms with Crippen molar-refractivity contribution in [3.05, 3.63) is 49.1 Å². The highest BCUT2D eigenvalue weighted by Crippen LogP contribution is 2.10. The van der Waals surface area contributed by atoms with Crippen molar-refractivity contribution in [3.8, 4) is 0 Å². The van der Waals surface area contributed by atoms with Crippen LogP contribution < -0.4 is 10.6 Å². The van der Waals surface area contributed by atoms with Gasteiger partial charge >= 0.3 is 0 Å². The lowest BCUT2D eigenvalue weighted by atomic mass is 10.1. The molecule has 0 radical (unpaired) electrons. The molecule has 0 aliphatic carbocycles. The monoisotopic (exact) mass is 326 g/mol. The molecule has 2 N–H and O–H groups in total. The lowest BCUT2D eigenvalue weighted by Gasteiger charge is -2.06. The molecule has 0 fully saturated rings. The van der Waals surface area contributed by atoms with Gasteiger partial charge in [-0.05, 0) is 37.1 Å². The molecule has 0 saturated heterocycles. The summed E-state index contributed by atoms with van der Waals surface area (Å²) >= 11 is 0. The Hall–Kier alpha value is -2.10. The van der Waals surface area contributed by atoms with E-state index < -0.39 is 0 Å². The molecule has 0 atom stereocenters. The summed E-state index contributed by atoms with van der Waals surface area (Å²) in [6.45, 7) is 2.12. The lowest BCUT2D eigenvalue weighted by Crippen LogP contribution is -2.01. The van der Waals surface area contributed by atoms with Crippen molar-refractivity contribution in [3.63, 3.8) is 0 Å². The van der Waals surface area contributed by atoms with Gasteiger partial charge in [0.2, 0.25) is 0 Å². The Morgan fingerprint density at radius 2 is 0.833 bits per heavy atom. The zero-order valence-electron chi connectivity index (χ0n) is 14.6. The molecule has 4 nitrogen and oxygen atoms in total. The molecule has 0 bridgehead atoms. The van der Waals surface area contributed by atoms with Crippen LogP contribution in [0.2, 0.25) is 0 Å². The van der Waals surface area contributed by atoms with Crippen LogP contribution in [0, 0.1) is 0 Å². The molecular weight excluding hydrogens is 296 g/mol. The second kappa shape index (κ2) is 12.3. The van der Waals surface area contributed by atoms with Crippen LogP contribution in [0.25, 0.3) is 0 Å². The minimum absolute atomic E-state index is 1.06. The first-order valence-corrected chi connectivity index (χ1v) is 9.23. The topological polar surface area (TPSA) is 49.8 Å². The van der Waals surface area contributed by atoms with E-state index in [1.54, 1.807) is 0 Å². The molecule has 0 aliphatic heterocycles. The second-order valence-electron chi connectivity index (χ2n) is 6.15. The van der Waals surface area contributed by atoms with E-state index in [0.29, 0.717) is 0 Å². The standard InChI is InChI=1S/C20H30N4/c1(3-5-7-13-23-19-9-15-21-16-10-19)2-4-6-8-14-24-20-11-17-22-18-12-20/h9-12,15-18H,1-8,13-14H2,(H,21,23)(H,22,24). The van der Waals surface area contributed by atoms with Crippen LogP contribution in [0.15, 0.2) is 49.1 Å². The van der Waals surface area contributed by atoms with Crippen LogP contribution in [0.4, 0.5) is 11.4 Å². The van der Waals surface area contributed by atoms with E-state index in [4.69, 9.17) is 0 Å². The van der Waals surface area contributed by atoms with Gasteiger partial charge in [-0.1, -0.05) is 38.5 Å². The Morgan fingerprint density at radius 3 is 1.21 bits per heavy atom. The van der Waals surface area contributed by atoms with Gasteiger partial charge in [0, 0.05) is 49.3 Å². The average Bonchev–Trinajstić information content (AvgIpc) is 2.64. The quantitative estimate of drug-likeness (QED) is 0.502. The number of anilines is 2. The first kappa shape index (κ1) is 18.2. The van der Waals surface area contributed by atoms with Crippen LogP contribution in [-0.2, 0) is 0 Å². The van der Waals surface area contributed by atoms with Gasteiger partial charge in [-0.15, -0.1) is 0 Å². The van der Waals surface area contributed by atoms with Gasteiger partial charge in [-0.25, -0.2) is 0 Å². The number of unbranched alkanes of at least 4 members (excludes halogenated alkanes) is 7. The Labute approximate surface area is 146 Å². The number of hydrogen-bond donors (Lipinski definition) is 2. The minimum Gasteiger partial charge on any atom is -0.385 e. The summed E-state index contributed by atoms with van der Waals surface area (Å²) < 4.78 is 0. The minimum atomic E-state index is 1.06. The number of hydrogen-bond acceptors (Lipinski definition) is 4. The lowest BCUT2D eigenvalue weighted by molar-refractivity contribution is 0.577. The third-order valence-electron chi connectivity index (χ3n) is 4.12. The maximum absolute atomic E-state index is 4.02. The van der Waals surface area contributed by atoms with Crippen LogP contribution in [-0.4, -0.2) is 23.1 Å². The molecule has 2 aromatic heterocycles. The van der Waals surface area contributed by atoms with E-state index in [2.05, 4.69) is 20.6 Å². The van der Waals surface area contributed by atoms with Crippen molar-refractivity contribution in [1.82, 2.24) is 9.97 Å². The van der Waals surface area contributed by atoms with E-state index in [9.17, 15) is 0 Å². The van der Waals surface area contributed by atoms with Crippen LogP contribution in [0.1, 0.15) is 51.4 Å². The number of nitrogens with zero attached hydrogens (tertiary/aromatic N) is 2. The molecular formula is C20H30N4. The van der Waals surface area contributed by atoms with E-state index in [1.807, 2.05) is 49.1 Å². The fourth-order valence-electron chi connectivity index (χ4n) is 2.72. The predicted octanol–water partition coefficient (Wildman–Crippen LogP) is 5.12. The molecule has 0 aromatic carbocycles. The van der Waals surface area contributed by atoms with E-state index >= 15 is 0 Å². The van der Waals surface area contributed by atoms with Gasteiger partial charge in [-0.2, -0.15) is 0 Å². The van der Waals surface area contributed by atoms with Crippen molar-refractivity contribution in [2.24, 2.45) is 0 Å². The number of rotatable bonds is 13. The molecule has 0 spiro atoms. The van der Waals surface area contributed by atoms with Gasteiger partial charge in [0.05, 0.1) is 0 Å². The smallest absolute Gasteiger partial charge is 0.0371 e. The summed E-state index contributed by atoms with van der Waals surface area (Å²) in [6.07, 6.45) is 17.9. The molecule has 2 heterocycles. The highest BCUT2D eigenvalue weighted by atomic mass is 14.9. The Morgan fingerprint density at radius 1 is 0.500 bits per heavy atom. The predicted molar refractivity (Wildman–Crippen MR) is 102 cm³/mol. The van der Waals surface area contributed by atoms with Crippen molar-refractivity contribution in [2.45, 2.75) is 51.4 Å². The van der Waals surface area contributed by atoms with Gasteiger partial charge in [-0.3, -0.25) is 9.97 Å². The Balaban J connectivity index is 1.32. The first-order chi connectivity index (χ1) is 11.9. The molecule has 4 heteroatoms. The second-order valence-corrected chi connectivity index (χ2v) is 6.15. The SMILES string of the molecule is c1cc(NCCCCCCCCCCNc2ccncc2)ccn1. The van der Waals surface area contributed by atoms with Gasteiger partial charge in [0.1, 0.15) is 0 Å². The number of nitrogens with one attached hydrogen (secondary N) is 2. The summed E-state index contributed by atoms with van der Waals surface area (Å²) in [4.78, 5) is 8.04.